The average Bonchev–Trinajstić information content (AvgIpc) is 2.70. The summed E-state index contributed by atoms with van der Waals surface area (Å²) in [6.45, 7) is 4.59. The van der Waals surface area contributed by atoms with Crippen molar-refractivity contribution >= 4 is 0 Å². The van der Waals surface area contributed by atoms with Gasteiger partial charge >= 0.3 is 0 Å². The molecule has 1 nitrogen and oxygen atoms in total. The summed E-state index contributed by atoms with van der Waals surface area (Å²) in [6, 6.07) is 0.507. The maximum atomic E-state index is 5.92. The van der Waals surface area contributed by atoms with Gasteiger partial charge in [-0.05, 0) is 23.7 Å². The van der Waals surface area contributed by atoms with Gasteiger partial charge in [-0.25, -0.2) is 0 Å². The van der Waals surface area contributed by atoms with Crippen LogP contribution in [0.25, 0.3) is 0 Å². The van der Waals surface area contributed by atoms with E-state index < -0.39 is 0 Å². The van der Waals surface area contributed by atoms with E-state index in [1.54, 1.807) is 0 Å². The summed E-state index contributed by atoms with van der Waals surface area (Å²) >= 11 is 0. The van der Waals surface area contributed by atoms with E-state index in [1.807, 2.05) is 0 Å². The molecule has 0 aromatic heterocycles. The van der Waals surface area contributed by atoms with Gasteiger partial charge in [0.05, 0.1) is 0 Å². The third kappa shape index (κ3) is 0.878. The Morgan fingerprint density at radius 2 is 1.90 bits per heavy atom. The molecule has 2 saturated carbocycles. The largest absolute Gasteiger partial charge is 0.327 e. The minimum atomic E-state index is 0.475. The van der Waals surface area contributed by atoms with E-state index in [9.17, 15) is 0 Å². The molecule has 58 valence electrons. The van der Waals surface area contributed by atoms with E-state index in [0.717, 1.165) is 11.8 Å². The highest BCUT2D eigenvalue weighted by molar-refractivity contribution is 5.09. The predicted octanol–water partition coefficient (Wildman–Crippen LogP) is 1.77. The molecule has 2 rings (SSSR count). The second-order valence-electron chi connectivity index (χ2n) is 4.63. The maximum Gasteiger partial charge on any atom is 0.0128 e. The van der Waals surface area contributed by atoms with Crippen LogP contribution < -0.4 is 5.73 Å². The van der Waals surface area contributed by atoms with Crippen molar-refractivity contribution < 1.29 is 0 Å². The van der Waals surface area contributed by atoms with Gasteiger partial charge in [-0.1, -0.05) is 26.7 Å². The lowest BCUT2D eigenvalue weighted by molar-refractivity contribution is 0.508. The molecule has 2 fully saturated rings. The minimum absolute atomic E-state index is 0.475. The first-order valence-corrected chi connectivity index (χ1v) is 4.38. The van der Waals surface area contributed by atoms with Crippen molar-refractivity contribution in [2.45, 2.75) is 39.2 Å². The lowest BCUT2D eigenvalue weighted by Gasteiger charge is -1.98. The summed E-state index contributed by atoms with van der Waals surface area (Å²) in [7, 11) is 0. The Morgan fingerprint density at radius 3 is 2.20 bits per heavy atom. The van der Waals surface area contributed by atoms with Crippen LogP contribution >= 0.6 is 0 Å². The molecule has 0 bridgehead atoms. The van der Waals surface area contributed by atoms with E-state index in [2.05, 4.69) is 13.8 Å². The average molecular weight is 139 g/mol. The first kappa shape index (κ1) is 6.66. The van der Waals surface area contributed by atoms with Crippen molar-refractivity contribution in [3.63, 3.8) is 0 Å². The van der Waals surface area contributed by atoms with Crippen molar-refractivity contribution in [1.82, 2.24) is 0 Å². The lowest BCUT2D eigenvalue weighted by Crippen LogP contribution is -2.06. The smallest absolute Gasteiger partial charge is 0.0128 e. The predicted molar refractivity (Wildman–Crippen MR) is 42.6 cm³/mol. The highest BCUT2D eigenvalue weighted by Crippen LogP contribution is 2.56. The molecule has 0 heterocycles. The molecule has 0 unspecified atom stereocenters. The molecule has 0 amide bonds. The Kier molecular flexibility index (Phi) is 1.17. The first-order valence-electron chi connectivity index (χ1n) is 4.38. The van der Waals surface area contributed by atoms with Gasteiger partial charge in [0.25, 0.3) is 0 Å². The zero-order chi connectivity index (χ0) is 7.35. The molecule has 0 radical (unpaired) electrons. The monoisotopic (exact) mass is 139 g/mol. The molecular formula is C9H17N. The summed E-state index contributed by atoms with van der Waals surface area (Å²) < 4.78 is 0. The molecule has 2 aliphatic carbocycles. The van der Waals surface area contributed by atoms with Crippen LogP contribution in [-0.4, -0.2) is 6.04 Å². The molecule has 0 saturated heterocycles. The van der Waals surface area contributed by atoms with E-state index in [-0.39, 0.29) is 0 Å². The van der Waals surface area contributed by atoms with Gasteiger partial charge in [0.15, 0.2) is 0 Å². The van der Waals surface area contributed by atoms with Gasteiger partial charge < -0.3 is 5.73 Å². The summed E-state index contributed by atoms with van der Waals surface area (Å²) in [5.74, 6) is 1.90. The van der Waals surface area contributed by atoms with Crippen LogP contribution in [0.5, 0.6) is 0 Å². The molecule has 0 aromatic carbocycles. The van der Waals surface area contributed by atoms with Gasteiger partial charge in [-0.2, -0.15) is 0 Å². The van der Waals surface area contributed by atoms with Crippen molar-refractivity contribution in [2.75, 3.05) is 0 Å². The summed E-state index contributed by atoms with van der Waals surface area (Å²) in [5, 5.41) is 0. The van der Waals surface area contributed by atoms with Crippen molar-refractivity contribution in [3.8, 4) is 0 Å². The van der Waals surface area contributed by atoms with Crippen LogP contribution in [0.3, 0.4) is 0 Å². The molecule has 0 spiro atoms. The number of rotatable bonds is 2. The van der Waals surface area contributed by atoms with Gasteiger partial charge in [0.2, 0.25) is 0 Å². The molecule has 2 atom stereocenters. The SMILES string of the molecule is CC1(C)[C@@H](N)[C@@H]1CC1CC1. The van der Waals surface area contributed by atoms with Crippen molar-refractivity contribution in [1.29, 1.82) is 0 Å². The molecule has 10 heavy (non-hydrogen) atoms. The summed E-state index contributed by atoms with van der Waals surface area (Å²) in [6.07, 6.45) is 4.35. The van der Waals surface area contributed by atoms with E-state index in [4.69, 9.17) is 5.73 Å². The molecule has 0 aromatic rings. The second-order valence-corrected chi connectivity index (χ2v) is 4.63. The first-order chi connectivity index (χ1) is 4.62. The third-order valence-corrected chi connectivity index (χ3v) is 3.42. The fourth-order valence-electron chi connectivity index (χ4n) is 1.95. The molecule has 2 aliphatic rings. The van der Waals surface area contributed by atoms with Gasteiger partial charge in [0.1, 0.15) is 0 Å². The lowest BCUT2D eigenvalue weighted by atomic mass is 10.1. The van der Waals surface area contributed by atoms with Crippen LogP contribution in [0.2, 0.25) is 0 Å². The zero-order valence-corrected chi connectivity index (χ0v) is 6.93. The molecule has 1 heteroatoms. The Morgan fingerprint density at radius 1 is 1.40 bits per heavy atom. The Hall–Kier alpha value is -0.0400. The minimum Gasteiger partial charge on any atom is -0.327 e. The number of nitrogens with two attached hydrogens (primary N) is 1. The summed E-state index contributed by atoms with van der Waals surface area (Å²) in [5.41, 5.74) is 6.40. The Bertz CT molecular complexity index is 147. The fourth-order valence-corrected chi connectivity index (χ4v) is 1.95. The van der Waals surface area contributed by atoms with Crippen LogP contribution in [0.4, 0.5) is 0 Å². The molecular weight excluding hydrogens is 122 g/mol. The topological polar surface area (TPSA) is 26.0 Å². The van der Waals surface area contributed by atoms with Crippen molar-refractivity contribution in [3.05, 3.63) is 0 Å². The second kappa shape index (κ2) is 1.76. The van der Waals surface area contributed by atoms with E-state index in [0.29, 0.717) is 11.5 Å². The van der Waals surface area contributed by atoms with Crippen LogP contribution in [-0.2, 0) is 0 Å². The molecule has 0 aliphatic heterocycles. The third-order valence-electron chi connectivity index (χ3n) is 3.42. The van der Waals surface area contributed by atoms with E-state index >= 15 is 0 Å². The fraction of sp³-hybridized carbons (Fsp3) is 1.00. The Labute approximate surface area is 63.0 Å². The highest BCUT2D eigenvalue weighted by Gasteiger charge is 2.56. The molecule has 2 N–H and O–H groups in total. The zero-order valence-electron chi connectivity index (χ0n) is 6.93. The van der Waals surface area contributed by atoms with Crippen molar-refractivity contribution in [2.24, 2.45) is 23.0 Å². The number of hydrogen-bond acceptors (Lipinski definition) is 1. The van der Waals surface area contributed by atoms with E-state index in [1.165, 1.54) is 19.3 Å². The van der Waals surface area contributed by atoms with Gasteiger partial charge in [-0.3, -0.25) is 0 Å². The Balaban J connectivity index is 1.85. The normalized spacial score (nSPS) is 43.5. The highest BCUT2D eigenvalue weighted by atomic mass is 14.8. The van der Waals surface area contributed by atoms with Gasteiger partial charge in [-0.15, -0.1) is 0 Å². The van der Waals surface area contributed by atoms with Crippen LogP contribution in [0.1, 0.15) is 33.1 Å². The van der Waals surface area contributed by atoms with Crippen LogP contribution in [0, 0.1) is 17.3 Å². The maximum absolute atomic E-state index is 5.92. The summed E-state index contributed by atoms with van der Waals surface area (Å²) in [4.78, 5) is 0. The quantitative estimate of drug-likeness (QED) is 0.620. The standard InChI is InChI=1S/C9H17N/c1-9(2)7(8(9)10)5-6-3-4-6/h6-8H,3-5,10H2,1-2H3/t7-,8-/m0/s1. The van der Waals surface area contributed by atoms with Crippen LogP contribution in [0.15, 0.2) is 0 Å². The van der Waals surface area contributed by atoms with Gasteiger partial charge in [0, 0.05) is 6.04 Å². The number of hydrogen-bond donors (Lipinski definition) is 1.